The number of carbonyl (C=O) groups excluding carboxylic acids is 1. The Kier molecular flexibility index (Phi) is 5.12. The molecule has 0 radical (unpaired) electrons. The highest BCUT2D eigenvalue weighted by atomic mass is 32.1. The Morgan fingerprint density at radius 3 is 3.00 bits per heavy atom. The van der Waals surface area contributed by atoms with Crippen LogP contribution in [-0.4, -0.2) is 39.0 Å². The fourth-order valence-electron chi connectivity index (χ4n) is 3.70. The van der Waals surface area contributed by atoms with E-state index >= 15 is 0 Å². The molecule has 1 unspecified atom stereocenters. The molecule has 4 heterocycles. The SMILES string of the molecule is O=C(CCc1nc(-c2cccs2)no1)N1CCCC(c2nc3ccccc3s2)C1. The van der Waals surface area contributed by atoms with Crippen molar-refractivity contribution in [3.8, 4) is 10.7 Å². The van der Waals surface area contributed by atoms with Crippen LogP contribution in [0.1, 0.15) is 36.1 Å². The summed E-state index contributed by atoms with van der Waals surface area (Å²) >= 11 is 3.32. The molecule has 1 saturated heterocycles. The highest BCUT2D eigenvalue weighted by Gasteiger charge is 2.27. The van der Waals surface area contributed by atoms with Crippen molar-refractivity contribution in [1.29, 1.82) is 0 Å². The molecule has 1 amide bonds. The second kappa shape index (κ2) is 8.04. The summed E-state index contributed by atoms with van der Waals surface area (Å²) in [6, 6.07) is 12.1. The van der Waals surface area contributed by atoms with Gasteiger partial charge in [-0.05, 0) is 36.4 Å². The zero-order chi connectivity index (χ0) is 19.6. The highest BCUT2D eigenvalue weighted by Crippen LogP contribution is 2.33. The molecule has 5 rings (SSSR count). The normalized spacial score (nSPS) is 17.1. The number of fused-ring (bicyclic) bond motifs is 1. The number of piperidine rings is 1. The summed E-state index contributed by atoms with van der Waals surface area (Å²) in [5.74, 6) is 1.57. The zero-order valence-electron chi connectivity index (χ0n) is 15.8. The topological polar surface area (TPSA) is 72.1 Å². The molecule has 8 heteroatoms. The van der Waals surface area contributed by atoms with Gasteiger partial charge >= 0.3 is 0 Å². The molecule has 1 aliphatic heterocycles. The van der Waals surface area contributed by atoms with Crippen molar-refractivity contribution >= 4 is 38.8 Å². The van der Waals surface area contributed by atoms with Gasteiger partial charge in [0.05, 0.1) is 20.1 Å². The van der Waals surface area contributed by atoms with Crippen LogP contribution >= 0.6 is 22.7 Å². The van der Waals surface area contributed by atoms with Crippen molar-refractivity contribution in [2.24, 2.45) is 0 Å². The number of thiazole rings is 1. The van der Waals surface area contributed by atoms with Crippen LogP contribution in [0.25, 0.3) is 20.9 Å². The predicted octanol–water partition coefficient (Wildman–Crippen LogP) is 4.75. The summed E-state index contributed by atoms with van der Waals surface area (Å²) in [7, 11) is 0. The molecule has 1 atom stereocenters. The van der Waals surface area contributed by atoms with E-state index in [0.717, 1.165) is 41.3 Å². The van der Waals surface area contributed by atoms with E-state index in [2.05, 4.69) is 22.3 Å². The minimum Gasteiger partial charge on any atom is -0.342 e. The first-order valence-corrected chi connectivity index (χ1v) is 11.5. The van der Waals surface area contributed by atoms with E-state index in [9.17, 15) is 4.79 Å². The fourth-order valence-corrected chi connectivity index (χ4v) is 5.45. The summed E-state index contributed by atoms with van der Waals surface area (Å²) in [6.45, 7) is 1.55. The van der Waals surface area contributed by atoms with E-state index in [4.69, 9.17) is 9.51 Å². The van der Waals surface area contributed by atoms with Crippen molar-refractivity contribution in [1.82, 2.24) is 20.0 Å². The number of benzene rings is 1. The van der Waals surface area contributed by atoms with Crippen LogP contribution in [0.4, 0.5) is 0 Å². The maximum Gasteiger partial charge on any atom is 0.227 e. The molecule has 0 N–H and O–H groups in total. The van der Waals surface area contributed by atoms with Crippen molar-refractivity contribution in [3.05, 3.63) is 52.7 Å². The Morgan fingerprint density at radius 1 is 1.21 bits per heavy atom. The monoisotopic (exact) mass is 424 g/mol. The third-order valence-electron chi connectivity index (χ3n) is 5.20. The van der Waals surface area contributed by atoms with E-state index in [1.807, 2.05) is 34.5 Å². The molecule has 1 aromatic carbocycles. The van der Waals surface area contributed by atoms with Crippen LogP contribution in [0.5, 0.6) is 0 Å². The second-order valence-corrected chi connectivity index (χ2v) is 9.20. The van der Waals surface area contributed by atoms with Crippen LogP contribution in [0.15, 0.2) is 46.3 Å². The molecular formula is C21H20N4O2S2. The average molecular weight is 425 g/mol. The van der Waals surface area contributed by atoms with E-state index in [1.165, 1.54) is 4.70 Å². The molecule has 3 aromatic heterocycles. The zero-order valence-corrected chi connectivity index (χ0v) is 17.4. The minimum absolute atomic E-state index is 0.145. The summed E-state index contributed by atoms with van der Waals surface area (Å²) in [4.78, 5) is 24.9. The number of carbonyl (C=O) groups is 1. The Morgan fingerprint density at radius 2 is 2.14 bits per heavy atom. The number of hydrogen-bond donors (Lipinski definition) is 0. The lowest BCUT2D eigenvalue weighted by molar-refractivity contribution is -0.132. The van der Waals surface area contributed by atoms with Gasteiger partial charge in [0.1, 0.15) is 0 Å². The first kappa shape index (κ1) is 18.4. The first-order chi connectivity index (χ1) is 14.3. The third-order valence-corrected chi connectivity index (χ3v) is 7.26. The van der Waals surface area contributed by atoms with E-state index in [-0.39, 0.29) is 5.91 Å². The number of thiophene rings is 1. The molecular weight excluding hydrogens is 404 g/mol. The molecule has 0 aliphatic carbocycles. The van der Waals surface area contributed by atoms with Crippen LogP contribution in [-0.2, 0) is 11.2 Å². The second-order valence-electron chi connectivity index (χ2n) is 7.19. The Bertz CT molecular complexity index is 1090. The number of hydrogen-bond acceptors (Lipinski definition) is 7. The molecule has 1 fully saturated rings. The van der Waals surface area contributed by atoms with Gasteiger partial charge in [-0.2, -0.15) is 4.98 Å². The van der Waals surface area contributed by atoms with E-state index in [0.29, 0.717) is 30.5 Å². The molecule has 0 spiro atoms. The Labute approximate surface area is 176 Å². The van der Waals surface area contributed by atoms with Gasteiger partial charge in [-0.25, -0.2) is 4.98 Å². The number of aromatic nitrogens is 3. The van der Waals surface area contributed by atoms with E-state index < -0.39 is 0 Å². The van der Waals surface area contributed by atoms with Gasteiger partial charge < -0.3 is 9.42 Å². The van der Waals surface area contributed by atoms with Gasteiger partial charge in [0.25, 0.3) is 0 Å². The number of nitrogens with zero attached hydrogens (tertiary/aromatic N) is 4. The van der Waals surface area contributed by atoms with Crippen LogP contribution in [0, 0.1) is 0 Å². The summed E-state index contributed by atoms with van der Waals surface area (Å²) in [6.07, 6.45) is 2.95. The lowest BCUT2D eigenvalue weighted by Crippen LogP contribution is -2.39. The molecule has 1 aliphatic rings. The third kappa shape index (κ3) is 3.95. The fraction of sp³-hybridized carbons (Fsp3) is 0.333. The average Bonchev–Trinajstić information content (AvgIpc) is 3.52. The van der Waals surface area contributed by atoms with Gasteiger partial charge in [0.2, 0.25) is 17.6 Å². The van der Waals surface area contributed by atoms with Gasteiger partial charge in [0, 0.05) is 31.8 Å². The van der Waals surface area contributed by atoms with Crippen molar-refractivity contribution in [2.75, 3.05) is 13.1 Å². The number of para-hydroxylation sites is 1. The van der Waals surface area contributed by atoms with Crippen molar-refractivity contribution in [2.45, 2.75) is 31.6 Å². The number of aryl methyl sites for hydroxylation is 1. The molecule has 148 valence electrons. The van der Waals surface area contributed by atoms with Crippen LogP contribution in [0.2, 0.25) is 0 Å². The summed E-state index contributed by atoms with van der Waals surface area (Å²) < 4.78 is 6.53. The number of likely N-dealkylation sites (tertiary alicyclic amines) is 1. The first-order valence-electron chi connectivity index (χ1n) is 9.76. The maximum absolute atomic E-state index is 12.8. The molecule has 6 nitrogen and oxygen atoms in total. The number of amides is 1. The molecule has 4 aromatic rings. The summed E-state index contributed by atoms with van der Waals surface area (Å²) in [5.41, 5.74) is 1.05. The van der Waals surface area contributed by atoms with Gasteiger partial charge in [-0.1, -0.05) is 23.4 Å². The van der Waals surface area contributed by atoms with Crippen LogP contribution < -0.4 is 0 Å². The van der Waals surface area contributed by atoms with Gasteiger partial charge in [-0.15, -0.1) is 22.7 Å². The van der Waals surface area contributed by atoms with Gasteiger partial charge in [-0.3, -0.25) is 4.79 Å². The highest BCUT2D eigenvalue weighted by molar-refractivity contribution is 7.18. The van der Waals surface area contributed by atoms with Crippen LogP contribution in [0.3, 0.4) is 0 Å². The standard InChI is InChI=1S/C21H20N4O2S2/c26-19(10-9-18-23-20(24-27-18)17-8-4-12-28-17)25-11-3-5-14(13-25)21-22-15-6-1-2-7-16(15)29-21/h1-2,4,6-8,12,14H,3,5,9-11,13H2. The lowest BCUT2D eigenvalue weighted by Gasteiger charge is -2.31. The number of rotatable bonds is 5. The van der Waals surface area contributed by atoms with Gasteiger partial charge in [0.15, 0.2) is 0 Å². The Hall–Kier alpha value is -2.58. The lowest BCUT2D eigenvalue weighted by atomic mass is 9.98. The molecule has 0 saturated carbocycles. The Balaban J connectivity index is 1.21. The quantitative estimate of drug-likeness (QED) is 0.462. The molecule has 29 heavy (non-hydrogen) atoms. The smallest absolute Gasteiger partial charge is 0.227 e. The predicted molar refractivity (Wildman–Crippen MR) is 114 cm³/mol. The molecule has 0 bridgehead atoms. The largest absolute Gasteiger partial charge is 0.342 e. The van der Waals surface area contributed by atoms with E-state index in [1.54, 1.807) is 22.7 Å². The van der Waals surface area contributed by atoms with Crippen molar-refractivity contribution in [3.63, 3.8) is 0 Å². The van der Waals surface area contributed by atoms with Crippen molar-refractivity contribution < 1.29 is 9.32 Å². The maximum atomic E-state index is 12.8. The minimum atomic E-state index is 0.145. The summed E-state index contributed by atoms with van der Waals surface area (Å²) in [5, 5.41) is 7.13.